The zero-order valence-corrected chi connectivity index (χ0v) is 15.1. The van der Waals surface area contributed by atoms with Crippen molar-refractivity contribution in [3.63, 3.8) is 0 Å². The third kappa shape index (κ3) is 4.69. The van der Waals surface area contributed by atoms with Crippen molar-refractivity contribution in [1.82, 2.24) is 5.32 Å². The number of amides is 1. The molecular weight excluding hydrogens is 338 g/mol. The van der Waals surface area contributed by atoms with Crippen LogP contribution in [0.3, 0.4) is 0 Å². The van der Waals surface area contributed by atoms with Crippen molar-refractivity contribution in [1.29, 1.82) is 0 Å². The Labute approximate surface area is 152 Å². The van der Waals surface area contributed by atoms with E-state index in [1.165, 1.54) is 12.8 Å². The van der Waals surface area contributed by atoms with Crippen molar-refractivity contribution in [2.24, 2.45) is 0 Å². The van der Waals surface area contributed by atoms with Gasteiger partial charge in [0.25, 0.3) is 0 Å². The first-order valence-corrected chi connectivity index (χ1v) is 10.1. The van der Waals surface area contributed by atoms with E-state index in [0.717, 1.165) is 29.9 Å². The fourth-order valence-corrected chi connectivity index (χ4v) is 4.77. The Kier molecular flexibility index (Phi) is 5.89. The number of benzene rings is 1. The highest BCUT2D eigenvalue weighted by Crippen LogP contribution is 2.28. The van der Waals surface area contributed by atoms with Crippen molar-refractivity contribution in [2.45, 2.75) is 56.6 Å². The summed E-state index contributed by atoms with van der Waals surface area (Å²) in [7, 11) is 0. The maximum Gasteiger partial charge on any atom is 0.330 e. The molecule has 1 aromatic carbocycles. The maximum absolute atomic E-state index is 12.2. The second kappa shape index (κ2) is 8.13. The van der Waals surface area contributed by atoms with Crippen molar-refractivity contribution in [2.75, 3.05) is 11.5 Å². The molecule has 0 aromatic heterocycles. The van der Waals surface area contributed by atoms with Crippen molar-refractivity contribution >= 4 is 23.6 Å². The smallest absolute Gasteiger partial charge is 0.330 e. The third-order valence-corrected chi connectivity index (χ3v) is 6.14. The van der Waals surface area contributed by atoms with Gasteiger partial charge in [-0.25, -0.2) is 4.79 Å². The zero-order chi connectivity index (χ0) is 17.7. The molecule has 1 aliphatic heterocycles. The second-order valence-corrected chi connectivity index (χ2v) is 8.01. The number of rotatable bonds is 7. The molecule has 25 heavy (non-hydrogen) atoms. The normalized spacial score (nSPS) is 23.5. The van der Waals surface area contributed by atoms with Gasteiger partial charge in [-0.15, -0.1) is 0 Å². The number of nitrogens with one attached hydrogen (secondary N) is 1. The van der Waals surface area contributed by atoms with Gasteiger partial charge < -0.3 is 15.2 Å². The number of carboxylic acid groups (broad SMARTS) is 1. The topological polar surface area (TPSA) is 75.6 Å². The molecule has 2 aliphatic rings. The number of aryl methyl sites for hydroxylation is 1. The van der Waals surface area contributed by atoms with E-state index in [-0.39, 0.29) is 12.3 Å². The van der Waals surface area contributed by atoms with E-state index < -0.39 is 11.5 Å². The summed E-state index contributed by atoms with van der Waals surface area (Å²) in [4.78, 5) is 23.7. The van der Waals surface area contributed by atoms with Crippen LogP contribution in [0.2, 0.25) is 0 Å². The number of thioether (sulfide) groups is 1. The largest absolute Gasteiger partial charge is 0.490 e. The number of aliphatic carboxylic acids is 1. The van der Waals surface area contributed by atoms with Crippen LogP contribution in [0.5, 0.6) is 5.75 Å². The lowest BCUT2D eigenvalue weighted by Crippen LogP contribution is -2.54. The minimum absolute atomic E-state index is 0.202. The average Bonchev–Trinajstić information content (AvgIpc) is 3.26. The lowest BCUT2D eigenvalue weighted by atomic mass is 9.98. The summed E-state index contributed by atoms with van der Waals surface area (Å²) in [5, 5.41) is 12.2. The lowest BCUT2D eigenvalue weighted by Gasteiger charge is -2.24. The van der Waals surface area contributed by atoms with E-state index in [2.05, 4.69) is 5.32 Å². The van der Waals surface area contributed by atoms with Crippen LogP contribution < -0.4 is 10.1 Å². The Morgan fingerprint density at radius 1 is 1.32 bits per heavy atom. The summed E-state index contributed by atoms with van der Waals surface area (Å²) in [6, 6.07) is 7.87. The van der Waals surface area contributed by atoms with Gasteiger partial charge in [0.1, 0.15) is 11.3 Å². The van der Waals surface area contributed by atoms with Crippen molar-refractivity contribution < 1.29 is 19.4 Å². The summed E-state index contributed by atoms with van der Waals surface area (Å²) >= 11 is 1.57. The van der Waals surface area contributed by atoms with E-state index in [1.807, 2.05) is 24.3 Å². The summed E-state index contributed by atoms with van der Waals surface area (Å²) in [6.07, 6.45) is 6.35. The molecule has 1 aliphatic carbocycles. The summed E-state index contributed by atoms with van der Waals surface area (Å²) in [5.41, 5.74) is -0.0503. The van der Waals surface area contributed by atoms with E-state index in [0.29, 0.717) is 24.7 Å². The number of carbonyl (C=O) groups is 2. The molecule has 2 N–H and O–H groups in total. The minimum Gasteiger partial charge on any atom is -0.490 e. The predicted molar refractivity (Wildman–Crippen MR) is 98.1 cm³/mol. The zero-order valence-electron chi connectivity index (χ0n) is 14.3. The van der Waals surface area contributed by atoms with Gasteiger partial charge in [0, 0.05) is 12.2 Å². The Bertz CT molecular complexity index is 622. The van der Waals surface area contributed by atoms with Gasteiger partial charge in [-0.3, -0.25) is 4.79 Å². The first-order chi connectivity index (χ1) is 12.1. The first kappa shape index (κ1) is 18.1. The lowest BCUT2D eigenvalue weighted by molar-refractivity contribution is -0.146. The van der Waals surface area contributed by atoms with Gasteiger partial charge in [0.15, 0.2) is 0 Å². The number of carbonyl (C=O) groups excluding carboxylic acids is 1. The van der Waals surface area contributed by atoms with E-state index in [4.69, 9.17) is 4.74 Å². The molecule has 0 radical (unpaired) electrons. The molecule has 5 nitrogen and oxygen atoms in total. The summed E-state index contributed by atoms with van der Waals surface area (Å²) in [5.74, 6) is 0.940. The van der Waals surface area contributed by atoms with E-state index in [9.17, 15) is 14.7 Å². The molecular formula is C19H25NO4S. The van der Waals surface area contributed by atoms with Gasteiger partial charge >= 0.3 is 5.97 Å². The van der Waals surface area contributed by atoms with Gasteiger partial charge in [-0.1, -0.05) is 12.1 Å². The predicted octanol–water partition coefficient (Wildman–Crippen LogP) is 3.02. The standard InChI is InChI=1S/C19H25NO4S/c21-17(20-19(18(22)23)10-11-25-13-19)9-8-14-4-3-7-16(12-14)24-15-5-1-2-6-15/h3-4,7,12,15H,1-2,5-6,8-11,13H2,(H,20,21)(H,22,23). The Morgan fingerprint density at radius 2 is 2.12 bits per heavy atom. The van der Waals surface area contributed by atoms with Crippen LogP contribution in [0.15, 0.2) is 24.3 Å². The van der Waals surface area contributed by atoms with Crippen molar-refractivity contribution in [3.05, 3.63) is 29.8 Å². The molecule has 1 heterocycles. The van der Waals surface area contributed by atoms with Crippen LogP contribution in [0.4, 0.5) is 0 Å². The fraction of sp³-hybridized carbons (Fsp3) is 0.579. The quantitative estimate of drug-likeness (QED) is 0.779. The highest BCUT2D eigenvalue weighted by molar-refractivity contribution is 7.99. The summed E-state index contributed by atoms with van der Waals surface area (Å²) in [6.45, 7) is 0. The Hall–Kier alpha value is -1.69. The van der Waals surface area contributed by atoms with Crippen LogP contribution in [-0.2, 0) is 16.0 Å². The number of hydrogen-bond donors (Lipinski definition) is 2. The molecule has 1 atom stereocenters. The molecule has 136 valence electrons. The molecule has 6 heteroatoms. The van der Waals surface area contributed by atoms with Gasteiger partial charge in [-0.05, 0) is 62.0 Å². The van der Waals surface area contributed by atoms with Gasteiger partial charge in [0.05, 0.1) is 6.10 Å². The number of carboxylic acids is 1. The van der Waals surface area contributed by atoms with E-state index in [1.54, 1.807) is 11.8 Å². The average molecular weight is 363 g/mol. The third-order valence-electron chi connectivity index (χ3n) is 4.95. The molecule has 3 rings (SSSR count). The molecule has 1 amide bonds. The number of ether oxygens (including phenoxy) is 1. The van der Waals surface area contributed by atoms with Crippen molar-refractivity contribution in [3.8, 4) is 5.75 Å². The van der Waals surface area contributed by atoms with Crippen LogP contribution in [0.25, 0.3) is 0 Å². The Morgan fingerprint density at radius 3 is 2.80 bits per heavy atom. The maximum atomic E-state index is 12.2. The van der Waals surface area contributed by atoms with Crippen LogP contribution in [-0.4, -0.2) is 40.1 Å². The van der Waals surface area contributed by atoms with Gasteiger partial charge in [0.2, 0.25) is 5.91 Å². The summed E-state index contributed by atoms with van der Waals surface area (Å²) < 4.78 is 6.00. The van der Waals surface area contributed by atoms with E-state index >= 15 is 0 Å². The van der Waals surface area contributed by atoms with Gasteiger partial charge in [-0.2, -0.15) is 11.8 Å². The molecule has 1 saturated carbocycles. The number of hydrogen-bond acceptors (Lipinski definition) is 4. The fourth-order valence-electron chi connectivity index (χ4n) is 3.45. The Balaban J connectivity index is 1.52. The monoisotopic (exact) mass is 363 g/mol. The molecule has 1 aromatic rings. The van der Waals surface area contributed by atoms with Crippen LogP contribution in [0, 0.1) is 0 Å². The molecule has 2 fully saturated rings. The minimum atomic E-state index is -1.09. The van der Waals surface area contributed by atoms with Crippen LogP contribution in [0.1, 0.15) is 44.1 Å². The first-order valence-electron chi connectivity index (χ1n) is 8.95. The highest BCUT2D eigenvalue weighted by atomic mass is 32.2. The van der Waals surface area contributed by atoms with Crippen LogP contribution >= 0.6 is 11.8 Å². The molecule has 1 saturated heterocycles. The molecule has 0 spiro atoms. The highest BCUT2D eigenvalue weighted by Gasteiger charge is 2.43. The molecule has 0 bridgehead atoms. The second-order valence-electron chi connectivity index (χ2n) is 6.91. The SMILES string of the molecule is O=C(CCc1cccc(OC2CCCC2)c1)NC1(C(=O)O)CCSC1. The molecule has 1 unspecified atom stereocenters.